The Morgan fingerprint density at radius 3 is 2.33 bits per heavy atom. The third-order valence-corrected chi connectivity index (χ3v) is 7.95. The van der Waals surface area contributed by atoms with E-state index in [-0.39, 0.29) is 30.1 Å². The summed E-state index contributed by atoms with van der Waals surface area (Å²) in [6, 6.07) is 27.7. The van der Waals surface area contributed by atoms with Crippen LogP contribution in [-0.2, 0) is 23.9 Å². The number of nitrogens with zero attached hydrogens (tertiary/aromatic N) is 1. The number of nitrogens with two attached hydrogens (primary N) is 1. The van der Waals surface area contributed by atoms with Crippen LogP contribution >= 0.6 is 0 Å². The van der Waals surface area contributed by atoms with Crippen molar-refractivity contribution < 1.29 is 27.9 Å². The Morgan fingerprint density at radius 1 is 0.913 bits per heavy atom. The lowest BCUT2D eigenvalue weighted by Gasteiger charge is -2.17. The Balaban J connectivity index is 1.37. The van der Waals surface area contributed by atoms with Gasteiger partial charge in [-0.25, -0.2) is 0 Å². The molecule has 0 amide bonds. The second-order valence-corrected chi connectivity index (χ2v) is 11.6. The van der Waals surface area contributed by atoms with Crippen molar-refractivity contribution >= 4 is 28.3 Å². The topological polar surface area (TPSA) is 105 Å². The summed E-state index contributed by atoms with van der Waals surface area (Å²) in [5.41, 5.74) is 10.3. The van der Waals surface area contributed by atoms with Crippen LogP contribution in [0, 0.1) is 5.92 Å². The first kappa shape index (κ1) is 32.4. The number of carbonyl (C=O) groups excluding carboxylic acids is 1. The zero-order chi connectivity index (χ0) is 32.8. The number of Topliss-reactive ketones (excluding diaryl/α,β-unsaturated/α-hetero) is 1. The number of carboxylic acid groups (broad SMARTS) is 1. The summed E-state index contributed by atoms with van der Waals surface area (Å²) < 4.78 is 41.8. The Hall–Kier alpha value is -5.02. The quantitative estimate of drug-likeness (QED) is 0.121. The van der Waals surface area contributed by atoms with Gasteiger partial charge in [0, 0.05) is 35.8 Å². The number of carboxylic acids is 1. The lowest BCUT2D eigenvalue weighted by molar-refractivity contribution is -0.139. The zero-order valence-electron chi connectivity index (χ0n) is 25.2. The number of pyridine rings is 1. The summed E-state index contributed by atoms with van der Waals surface area (Å²) in [6.45, 7) is 2.26. The van der Waals surface area contributed by atoms with E-state index in [4.69, 9.17) is 10.8 Å². The molecule has 5 aromatic rings. The van der Waals surface area contributed by atoms with E-state index in [1.165, 1.54) is 6.07 Å². The molecule has 0 saturated carbocycles. The van der Waals surface area contributed by atoms with E-state index in [0.717, 1.165) is 34.0 Å². The van der Waals surface area contributed by atoms with Gasteiger partial charge in [-0.1, -0.05) is 85.8 Å². The van der Waals surface area contributed by atoms with Crippen LogP contribution in [0.25, 0.3) is 22.0 Å². The predicted molar refractivity (Wildman–Crippen MR) is 174 cm³/mol. The van der Waals surface area contributed by atoms with Crippen molar-refractivity contribution in [3.05, 3.63) is 131 Å². The standard InChI is InChI=1S/C37H34F3N3O3/c1-23(17-32(41)36(45)46)18-33(44)26-15-13-25(14-16-26)21-42-29-10-5-9-27(20-29)34-28(19-24-7-3-2-4-8-24)22-43-35-30(34)11-6-12-31(35)37(38,39)40/h2-16,20,22-23,32,42H,17-19,21,41H2,1H3,(H,45,46)/t23?,32-/m1/s1. The van der Waals surface area contributed by atoms with Crippen LogP contribution < -0.4 is 11.1 Å². The number of benzene rings is 4. The molecule has 236 valence electrons. The van der Waals surface area contributed by atoms with E-state index < -0.39 is 23.8 Å². The number of hydrogen-bond donors (Lipinski definition) is 3. The number of rotatable bonds is 12. The van der Waals surface area contributed by atoms with Gasteiger partial charge in [0.25, 0.3) is 0 Å². The van der Waals surface area contributed by atoms with Gasteiger partial charge < -0.3 is 16.2 Å². The number of aliphatic carboxylic acids is 1. The predicted octanol–water partition coefficient (Wildman–Crippen LogP) is 8.13. The lowest BCUT2D eigenvalue weighted by Crippen LogP contribution is -2.32. The molecule has 2 atom stereocenters. The molecule has 6 nitrogen and oxygen atoms in total. The monoisotopic (exact) mass is 625 g/mol. The van der Waals surface area contributed by atoms with Crippen LogP contribution in [-0.4, -0.2) is 27.9 Å². The molecule has 0 spiro atoms. The normalized spacial score (nSPS) is 12.9. The fourth-order valence-corrected chi connectivity index (χ4v) is 5.63. The maximum atomic E-state index is 13.9. The molecular formula is C37H34F3N3O3. The van der Waals surface area contributed by atoms with Gasteiger partial charge in [0.1, 0.15) is 6.04 Å². The molecule has 0 aliphatic heterocycles. The number of para-hydroxylation sites is 1. The van der Waals surface area contributed by atoms with Crippen molar-refractivity contribution in [2.75, 3.05) is 5.32 Å². The third-order valence-electron chi connectivity index (χ3n) is 7.95. The molecule has 0 aliphatic carbocycles. The Morgan fingerprint density at radius 2 is 1.63 bits per heavy atom. The van der Waals surface area contributed by atoms with Crippen LogP contribution in [0.1, 0.15) is 52.4 Å². The largest absolute Gasteiger partial charge is 0.480 e. The highest BCUT2D eigenvalue weighted by Crippen LogP contribution is 2.39. The molecule has 0 aliphatic rings. The summed E-state index contributed by atoms with van der Waals surface area (Å²) in [7, 11) is 0. The van der Waals surface area contributed by atoms with Crippen molar-refractivity contribution in [1.82, 2.24) is 4.98 Å². The molecule has 1 unspecified atom stereocenters. The minimum absolute atomic E-state index is 0.0816. The maximum absolute atomic E-state index is 13.9. The van der Waals surface area contributed by atoms with E-state index in [1.54, 1.807) is 24.4 Å². The highest BCUT2D eigenvalue weighted by molar-refractivity contribution is 5.98. The smallest absolute Gasteiger partial charge is 0.418 e. The lowest BCUT2D eigenvalue weighted by atomic mass is 9.91. The number of aromatic nitrogens is 1. The molecule has 5 rings (SSSR count). The zero-order valence-corrected chi connectivity index (χ0v) is 25.2. The summed E-state index contributed by atoms with van der Waals surface area (Å²) in [5, 5.41) is 12.8. The Kier molecular flexibility index (Phi) is 9.82. The Bertz CT molecular complexity index is 1840. The molecule has 4 aromatic carbocycles. The van der Waals surface area contributed by atoms with Gasteiger partial charge >= 0.3 is 12.1 Å². The SMILES string of the molecule is CC(CC(=O)c1ccc(CNc2cccc(-c3c(Cc4ccccc4)cnc4c(C(F)(F)F)cccc34)c2)cc1)C[C@@H](N)C(=O)O. The first-order chi connectivity index (χ1) is 22.0. The van der Waals surface area contributed by atoms with Gasteiger partial charge in [0.15, 0.2) is 5.78 Å². The number of nitrogens with one attached hydrogen (secondary N) is 1. The van der Waals surface area contributed by atoms with Crippen LogP contribution in [0.15, 0.2) is 103 Å². The number of alkyl halides is 3. The number of hydrogen-bond acceptors (Lipinski definition) is 5. The summed E-state index contributed by atoms with van der Waals surface area (Å²) >= 11 is 0. The number of carbonyl (C=O) groups is 2. The fraction of sp³-hybridized carbons (Fsp3) is 0.216. The maximum Gasteiger partial charge on any atom is 0.418 e. The van der Waals surface area contributed by atoms with Crippen molar-refractivity contribution in [3.8, 4) is 11.1 Å². The molecule has 0 saturated heterocycles. The van der Waals surface area contributed by atoms with Gasteiger partial charge in [-0.05, 0) is 64.8 Å². The van der Waals surface area contributed by atoms with Gasteiger partial charge in [-0.2, -0.15) is 13.2 Å². The molecule has 0 bridgehead atoms. The molecular weight excluding hydrogens is 591 g/mol. The fourth-order valence-electron chi connectivity index (χ4n) is 5.63. The second kappa shape index (κ2) is 14.0. The van der Waals surface area contributed by atoms with Crippen molar-refractivity contribution in [2.45, 2.75) is 44.9 Å². The van der Waals surface area contributed by atoms with Crippen molar-refractivity contribution in [3.63, 3.8) is 0 Å². The summed E-state index contributed by atoms with van der Waals surface area (Å²) in [4.78, 5) is 28.0. The molecule has 0 radical (unpaired) electrons. The van der Waals surface area contributed by atoms with Crippen LogP contribution in [0.3, 0.4) is 0 Å². The average Bonchev–Trinajstić information content (AvgIpc) is 3.03. The van der Waals surface area contributed by atoms with Gasteiger partial charge in [-0.3, -0.25) is 14.6 Å². The van der Waals surface area contributed by atoms with E-state index in [0.29, 0.717) is 29.5 Å². The number of fused-ring (bicyclic) bond motifs is 1. The molecule has 1 heterocycles. The molecule has 9 heteroatoms. The van der Waals surface area contributed by atoms with Crippen molar-refractivity contribution in [2.24, 2.45) is 11.7 Å². The van der Waals surface area contributed by atoms with Gasteiger partial charge in [-0.15, -0.1) is 0 Å². The minimum atomic E-state index is -4.54. The minimum Gasteiger partial charge on any atom is -0.480 e. The first-order valence-corrected chi connectivity index (χ1v) is 15.0. The van der Waals surface area contributed by atoms with E-state index >= 15 is 0 Å². The van der Waals surface area contributed by atoms with Crippen LogP contribution in [0.4, 0.5) is 18.9 Å². The highest BCUT2D eigenvalue weighted by atomic mass is 19.4. The molecule has 1 aromatic heterocycles. The number of ketones is 1. The van der Waals surface area contributed by atoms with Crippen LogP contribution in [0.2, 0.25) is 0 Å². The van der Waals surface area contributed by atoms with Gasteiger partial charge in [0.2, 0.25) is 0 Å². The second-order valence-electron chi connectivity index (χ2n) is 11.6. The molecule has 46 heavy (non-hydrogen) atoms. The average molecular weight is 626 g/mol. The van der Waals surface area contributed by atoms with Crippen LogP contribution in [0.5, 0.6) is 0 Å². The Labute approximate surface area is 265 Å². The van der Waals surface area contributed by atoms with E-state index in [1.807, 2.05) is 73.7 Å². The van der Waals surface area contributed by atoms with E-state index in [2.05, 4.69) is 10.3 Å². The summed E-state index contributed by atoms with van der Waals surface area (Å²) in [6.07, 6.45) is -2.08. The summed E-state index contributed by atoms with van der Waals surface area (Å²) in [5.74, 6) is -1.33. The molecule has 0 fully saturated rings. The number of halogens is 3. The van der Waals surface area contributed by atoms with Gasteiger partial charge in [0.05, 0.1) is 11.1 Å². The molecule has 4 N–H and O–H groups in total. The third kappa shape index (κ3) is 7.79. The van der Waals surface area contributed by atoms with Crippen molar-refractivity contribution in [1.29, 1.82) is 0 Å². The first-order valence-electron chi connectivity index (χ1n) is 15.0. The number of anilines is 1. The van der Waals surface area contributed by atoms with E-state index in [9.17, 15) is 22.8 Å². The highest BCUT2D eigenvalue weighted by Gasteiger charge is 2.33.